The summed E-state index contributed by atoms with van der Waals surface area (Å²) in [6.45, 7) is 6.39. The minimum atomic E-state index is -0.516. The lowest BCUT2D eigenvalue weighted by Crippen LogP contribution is -2.29. The molecule has 0 amide bonds. The number of aryl methyl sites for hydroxylation is 1. The number of benzene rings is 2. The van der Waals surface area contributed by atoms with Crippen LogP contribution in [-0.4, -0.2) is 32.8 Å². The molecule has 1 N–H and O–H groups in total. The molecule has 1 aromatic heterocycles. The van der Waals surface area contributed by atoms with E-state index in [4.69, 9.17) is 9.47 Å². The van der Waals surface area contributed by atoms with E-state index in [0.717, 1.165) is 11.1 Å². The summed E-state index contributed by atoms with van der Waals surface area (Å²) < 4.78 is 12.9. The highest BCUT2D eigenvalue weighted by atomic mass is 16.5. The van der Waals surface area contributed by atoms with Gasteiger partial charge in [0, 0.05) is 5.70 Å². The lowest BCUT2D eigenvalue weighted by Gasteiger charge is -2.27. The van der Waals surface area contributed by atoms with Crippen molar-refractivity contribution < 1.29 is 14.3 Å². The summed E-state index contributed by atoms with van der Waals surface area (Å²) in [6, 6.07) is 15.2. The zero-order valence-electron chi connectivity index (χ0n) is 17.1. The number of aromatic nitrogens is 4. The fraction of sp³-hybridized carbons (Fsp3) is 0.273. The molecular formula is C22H23N5O3. The Morgan fingerprint density at radius 1 is 1.17 bits per heavy atom. The third kappa shape index (κ3) is 3.76. The van der Waals surface area contributed by atoms with Crippen LogP contribution in [0.3, 0.4) is 0 Å². The summed E-state index contributed by atoms with van der Waals surface area (Å²) >= 11 is 0. The van der Waals surface area contributed by atoms with E-state index in [0.29, 0.717) is 29.6 Å². The summed E-state index contributed by atoms with van der Waals surface area (Å²) in [7, 11) is 0. The minimum Gasteiger partial charge on any atom is -0.489 e. The summed E-state index contributed by atoms with van der Waals surface area (Å²) in [5.74, 6) is 0.765. The molecule has 3 aromatic rings. The molecule has 1 aliphatic rings. The van der Waals surface area contributed by atoms with E-state index in [9.17, 15) is 4.79 Å². The maximum atomic E-state index is 12.7. The van der Waals surface area contributed by atoms with E-state index >= 15 is 0 Å². The highest BCUT2D eigenvalue weighted by molar-refractivity contribution is 5.92. The molecule has 1 aliphatic heterocycles. The Hall–Kier alpha value is -3.68. The molecule has 154 valence electrons. The number of ether oxygens (including phenoxy) is 2. The van der Waals surface area contributed by atoms with Crippen molar-refractivity contribution in [3.63, 3.8) is 0 Å². The van der Waals surface area contributed by atoms with Crippen molar-refractivity contribution in [3.05, 3.63) is 76.5 Å². The van der Waals surface area contributed by atoms with Crippen LogP contribution < -0.4 is 10.1 Å². The highest BCUT2D eigenvalue weighted by Gasteiger charge is 2.35. The normalized spacial score (nSPS) is 15.4. The Bertz CT molecular complexity index is 1110. The van der Waals surface area contributed by atoms with Crippen LogP contribution in [0, 0.1) is 6.92 Å². The fourth-order valence-electron chi connectivity index (χ4n) is 3.50. The number of carbonyl (C=O) groups is 1. The highest BCUT2D eigenvalue weighted by Crippen LogP contribution is 2.36. The lowest BCUT2D eigenvalue weighted by molar-refractivity contribution is -0.139. The van der Waals surface area contributed by atoms with Gasteiger partial charge in [-0.2, -0.15) is 4.68 Å². The third-order valence-electron chi connectivity index (χ3n) is 5.04. The SMILES string of the molecule is CCOC(=O)C1=C(C)Nc2nnnn2C1c1cccc(OCc2ccccc2C)c1. The van der Waals surface area contributed by atoms with Crippen molar-refractivity contribution in [1.82, 2.24) is 20.2 Å². The number of rotatable bonds is 6. The number of carbonyl (C=O) groups excluding carboxylic acids is 1. The Labute approximate surface area is 174 Å². The van der Waals surface area contributed by atoms with Crippen molar-refractivity contribution in [2.24, 2.45) is 0 Å². The van der Waals surface area contributed by atoms with Crippen LogP contribution in [0.2, 0.25) is 0 Å². The zero-order valence-corrected chi connectivity index (χ0v) is 17.1. The first-order valence-corrected chi connectivity index (χ1v) is 9.78. The smallest absolute Gasteiger partial charge is 0.338 e. The molecule has 8 heteroatoms. The van der Waals surface area contributed by atoms with Gasteiger partial charge in [-0.1, -0.05) is 41.5 Å². The second kappa shape index (κ2) is 8.36. The summed E-state index contributed by atoms with van der Waals surface area (Å²) in [5, 5.41) is 14.9. The van der Waals surface area contributed by atoms with E-state index < -0.39 is 12.0 Å². The van der Waals surface area contributed by atoms with Gasteiger partial charge < -0.3 is 14.8 Å². The van der Waals surface area contributed by atoms with Crippen LogP contribution in [0.4, 0.5) is 5.95 Å². The van der Waals surface area contributed by atoms with Crippen molar-refractivity contribution in [3.8, 4) is 5.75 Å². The third-order valence-corrected chi connectivity index (χ3v) is 5.04. The first-order chi connectivity index (χ1) is 14.6. The first-order valence-electron chi connectivity index (χ1n) is 9.78. The minimum absolute atomic E-state index is 0.282. The predicted octanol–water partition coefficient (Wildman–Crippen LogP) is 3.41. The second-order valence-corrected chi connectivity index (χ2v) is 7.02. The van der Waals surface area contributed by atoms with Crippen LogP contribution >= 0.6 is 0 Å². The maximum Gasteiger partial charge on any atom is 0.338 e. The monoisotopic (exact) mass is 405 g/mol. The summed E-state index contributed by atoms with van der Waals surface area (Å²) in [4.78, 5) is 12.7. The number of nitrogens with zero attached hydrogens (tertiary/aromatic N) is 4. The number of esters is 1. The van der Waals surface area contributed by atoms with Crippen molar-refractivity contribution in [2.45, 2.75) is 33.4 Å². The quantitative estimate of drug-likeness (QED) is 0.628. The Kier molecular flexibility index (Phi) is 5.47. The van der Waals surface area contributed by atoms with E-state index in [-0.39, 0.29) is 6.61 Å². The number of allylic oxidation sites excluding steroid dienone is 1. The fourth-order valence-corrected chi connectivity index (χ4v) is 3.50. The van der Waals surface area contributed by atoms with Gasteiger partial charge in [0.05, 0.1) is 12.2 Å². The van der Waals surface area contributed by atoms with Crippen LogP contribution in [0.1, 0.15) is 36.6 Å². The average molecular weight is 405 g/mol. The average Bonchev–Trinajstić information content (AvgIpc) is 3.20. The molecule has 0 saturated carbocycles. The molecule has 8 nitrogen and oxygen atoms in total. The van der Waals surface area contributed by atoms with Gasteiger partial charge in [-0.25, -0.2) is 4.79 Å². The van der Waals surface area contributed by atoms with E-state index in [1.807, 2.05) is 49.4 Å². The van der Waals surface area contributed by atoms with Gasteiger partial charge in [0.1, 0.15) is 18.4 Å². The first kappa shape index (κ1) is 19.6. The van der Waals surface area contributed by atoms with Gasteiger partial charge in [-0.05, 0) is 60.0 Å². The molecule has 0 saturated heterocycles. The van der Waals surface area contributed by atoms with Crippen LogP contribution in [-0.2, 0) is 16.1 Å². The number of tetrazole rings is 1. The second-order valence-electron chi connectivity index (χ2n) is 7.02. The predicted molar refractivity (Wildman–Crippen MR) is 111 cm³/mol. The van der Waals surface area contributed by atoms with Gasteiger partial charge in [0.15, 0.2) is 0 Å². The van der Waals surface area contributed by atoms with Crippen molar-refractivity contribution in [1.29, 1.82) is 0 Å². The molecule has 1 unspecified atom stereocenters. The Morgan fingerprint density at radius 2 is 2.00 bits per heavy atom. The molecule has 0 spiro atoms. The summed E-state index contributed by atoms with van der Waals surface area (Å²) in [6.07, 6.45) is 0. The van der Waals surface area contributed by atoms with Crippen LogP contribution in [0.25, 0.3) is 0 Å². The Morgan fingerprint density at radius 3 is 2.80 bits per heavy atom. The molecule has 0 bridgehead atoms. The molecule has 0 fully saturated rings. The number of fused-ring (bicyclic) bond motifs is 1. The molecule has 30 heavy (non-hydrogen) atoms. The molecule has 0 aliphatic carbocycles. The standard InChI is InChI=1S/C22H23N5O3/c1-4-29-21(28)19-15(3)23-22-24-25-26-27(22)20(19)16-10-7-11-18(12-16)30-13-17-9-6-5-8-14(17)2/h5-12,20H,4,13H2,1-3H3,(H,23,24,26). The van der Waals surface area contributed by atoms with Gasteiger partial charge in [0.2, 0.25) is 5.95 Å². The molecule has 1 atom stereocenters. The largest absolute Gasteiger partial charge is 0.489 e. The number of hydrogen-bond donors (Lipinski definition) is 1. The molecule has 2 heterocycles. The molecular weight excluding hydrogens is 382 g/mol. The number of hydrogen-bond acceptors (Lipinski definition) is 7. The van der Waals surface area contributed by atoms with E-state index in [1.165, 1.54) is 5.56 Å². The van der Waals surface area contributed by atoms with Crippen molar-refractivity contribution >= 4 is 11.9 Å². The van der Waals surface area contributed by atoms with Gasteiger partial charge >= 0.3 is 5.97 Å². The van der Waals surface area contributed by atoms with Gasteiger partial charge in [-0.3, -0.25) is 0 Å². The van der Waals surface area contributed by atoms with Crippen LogP contribution in [0.5, 0.6) is 5.75 Å². The van der Waals surface area contributed by atoms with E-state index in [1.54, 1.807) is 11.6 Å². The van der Waals surface area contributed by atoms with Gasteiger partial charge in [0.25, 0.3) is 0 Å². The van der Waals surface area contributed by atoms with Gasteiger partial charge in [-0.15, -0.1) is 0 Å². The van der Waals surface area contributed by atoms with Crippen LogP contribution in [0.15, 0.2) is 59.8 Å². The topological polar surface area (TPSA) is 91.2 Å². The number of nitrogens with one attached hydrogen (secondary N) is 1. The maximum absolute atomic E-state index is 12.7. The zero-order chi connectivity index (χ0) is 21.1. The number of anilines is 1. The molecule has 4 rings (SSSR count). The summed E-state index contributed by atoms with van der Waals surface area (Å²) in [5.41, 5.74) is 4.25. The Balaban J connectivity index is 1.67. The lowest BCUT2D eigenvalue weighted by atomic mass is 9.95. The van der Waals surface area contributed by atoms with Crippen molar-refractivity contribution in [2.75, 3.05) is 11.9 Å². The van der Waals surface area contributed by atoms with E-state index in [2.05, 4.69) is 33.8 Å². The molecule has 0 radical (unpaired) electrons. The molecule has 2 aromatic carbocycles.